The van der Waals surface area contributed by atoms with E-state index in [4.69, 9.17) is 4.98 Å². The number of benzene rings is 1. The topological polar surface area (TPSA) is 94.7 Å². The molecule has 0 saturated carbocycles. The summed E-state index contributed by atoms with van der Waals surface area (Å²) in [5.41, 5.74) is 2.30. The minimum Gasteiger partial charge on any atom is -0.321 e. The van der Waals surface area contributed by atoms with Crippen molar-refractivity contribution in [2.75, 3.05) is 5.32 Å². The van der Waals surface area contributed by atoms with Crippen molar-refractivity contribution < 1.29 is 4.79 Å². The van der Waals surface area contributed by atoms with Crippen molar-refractivity contribution in [2.45, 2.75) is 45.7 Å². The number of nitrogens with zero attached hydrogens (tertiary/aromatic N) is 5. The number of anilines is 1. The smallest absolute Gasteiger partial charge is 0.266 e. The summed E-state index contributed by atoms with van der Waals surface area (Å²) in [7, 11) is 0. The van der Waals surface area contributed by atoms with Gasteiger partial charge >= 0.3 is 0 Å². The van der Waals surface area contributed by atoms with Crippen molar-refractivity contribution in [2.24, 2.45) is 0 Å². The van der Waals surface area contributed by atoms with Crippen LogP contribution in [0.15, 0.2) is 41.7 Å². The Morgan fingerprint density at radius 2 is 2.10 bits per heavy atom. The lowest BCUT2D eigenvalue weighted by molar-refractivity contribution is 0.103. The molecule has 0 fully saturated rings. The van der Waals surface area contributed by atoms with Crippen LogP contribution in [-0.4, -0.2) is 30.2 Å². The highest BCUT2D eigenvalue weighted by Crippen LogP contribution is 2.29. The summed E-state index contributed by atoms with van der Waals surface area (Å²) >= 11 is 1.29. The van der Waals surface area contributed by atoms with Crippen molar-refractivity contribution in [3.8, 4) is 0 Å². The Morgan fingerprint density at radius 1 is 1.23 bits per heavy atom. The number of rotatable bonds is 4. The molecule has 0 atom stereocenters. The van der Waals surface area contributed by atoms with Gasteiger partial charge < -0.3 is 5.32 Å². The molecular weight excluding hydrogens is 412 g/mol. The number of para-hydroxylation sites is 1. The molecule has 4 heterocycles. The van der Waals surface area contributed by atoms with Crippen LogP contribution >= 0.6 is 11.3 Å². The average molecular weight is 435 g/mol. The van der Waals surface area contributed by atoms with Gasteiger partial charge in [-0.25, -0.2) is 14.6 Å². The first-order valence-corrected chi connectivity index (χ1v) is 11.2. The molecular formula is C22H22N6O2S. The predicted molar refractivity (Wildman–Crippen MR) is 120 cm³/mol. The third kappa shape index (κ3) is 3.65. The van der Waals surface area contributed by atoms with E-state index in [0.29, 0.717) is 39.4 Å². The molecule has 1 amide bonds. The van der Waals surface area contributed by atoms with E-state index in [2.05, 4.69) is 15.4 Å². The van der Waals surface area contributed by atoms with Crippen molar-refractivity contribution >= 4 is 33.1 Å². The Labute approximate surface area is 182 Å². The van der Waals surface area contributed by atoms with Gasteiger partial charge in [0.15, 0.2) is 0 Å². The van der Waals surface area contributed by atoms with E-state index >= 15 is 0 Å². The molecule has 1 aromatic carbocycles. The van der Waals surface area contributed by atoms with Gasteiger partial charge in [-0.05, 0) is 37.0 Å². The number of fused-ring (bicyclic) bond motifs is 2. The number of hydrogen-bond donors (Lipinski definition) is 1. The number of carbonyl (C=O) groups excluding carboxylic acids is 1. The third-order valence-electron chi connectivity index (χ3n) is 5.68. The van der Waals surface area contributed by atoms with Crippen molar-refractivity contribution in [3.63, 3.8) is 0 Å². The minimum absolute atomic E-state index is 0.0266. The molecule has 5 rings (SSSR count). The summed E-state index contributed by atoms with van der Waals surface area (Å²) in [6, 6.07) is 7.61. The van der Waals surface area contributed by atoms with E-state index in [1.807, 2.05) is 31.2 Å². The number of hydrogen-bond acceptors (Lipinski definition) is 6. The Bertz CT molecular complexity index is 1320. The zero-order valence-corrected chi connectivity index (χ0v) is 18.0. The molecule has 3 aromatic heterocycles. The Kier molecular flexibility index (Phi) is 5.11. The molecule has 1 aliphatic heterocycles. The Morgan fingerprint density at radius 3 is 2.94 bits per heavy atom. The van der Waals surface area contributed by atoms with Gasteiger partial charge in [0.05, 0.1) is 16.8 Å². The molecule has 0 aliphatic carbocycles. The van der Waals surface area contributed by atoms with Crippen LogP contribution in [0.2, 0.25) is 0 Å². The lowest BCUT2D eigenvalue weighted by atomic mass is 10.1. The van der Waals surface area contributed by atoms with E-state index in [9.17, 15) is 9.59 Å². The Hall–Kier alpha value is -3.33. The van der Waals surface area contributed by atoms with Gasteiger partial charge in [-0.2, -0.15) is 5.10 Å². The predicted octanol–water partition coefficient (Wildman–Crippen LogP) is 3.38. The second-order valence-corrected chi connectivity index (χ2v) is 8.74. The number of carbonyl (C=O) groups is 1. The van der Waals surface area contributed by atoms with Gasteiger partial charge in [0.25, 0.3) is 11.5 Å². The summed E-state index contributed by atoms with van der Waals surface area (Å²) in [4.78, 5) is 36.2. The first-order valence-electron chi connectivity index (χ1n) is 10.4. The van der Waals surface area contributed by atoms with Gasteiger partial charge in [-0.15, -0.1) is 11.3 Å². The fourth-order valence-corrected chi connectivity index (χ4v) is 5.16. The highest BCUT2D eigenvalue weighted by molar-refractivity contribution is 7.20. The highest BCUT2D eigenvalue weighted by Gasteiger charge is 2.22. The Balaban J connectivity index is 1.49. The molecule has 1 N–H and O–H groups in total. The van der Waals surface area contributed by atoms with Crippen LogP contribution in [-0.2, 0) is 19.5 Å². The van der Waals surface area contributed by atoms with Gasteiger partial charge in [-0.1, -0.05) is 24.6 Å². The van der Waals surface area contributed by atoms with Gasteiger partial charge in [-0.3, -0.25) is 14.2 Å². The van der Waals surface area contributed by atoms with Crippen LogP contribution in [0.25, 0.3) is 10.2 Å². The molecule has 0 bridgehead atoms. The third-order valence-corrected chi connectivity index (χ3v) is 6.87. The lowest BCUT2D eigenvalue weighted by Gasteiger charge is -2.10. The van der Waals surface area contributed by atoms with Crippen LogP contribution in [0.1, 0.15) is 45.9 Å². The number of aromatic nitrogens is 5. The summed E-state index contributed by atoms with van der Waals surface area (Å²) in [5, 5.41) is 7.72. The van der Waals surface area contributed by atoms with Gasteiger partial charge in [0, 0.05) is 18.7 Å². The molecule has 0 spiro atoms. The van der Waals surface area contributed by atoms with Crippen molar-refractivity contribution in [3.05, 3.63) is 69.1 Å². The van der Waals surface area contributed by atoms with E-state index in [1.54, 1.807) is 15.6 Å². The second-order valence-electron chi connectivity index (χ2n) is 7.74. The summed E-state index contributed by atoms with van der Waals surface area (Å²) in [6.07, 6.45) is 7.06. The van der Waals surface area contributed by atoms with E-state index in [-0.39, 0.29) is 11.5 Å². The molecule has 9 heteroatoms. The number of amides is 1. The van der Waals surface area contributed by atoms with Crippen LogP contribution in [0.5, 0.6) is 0 Å². The van der Waals surface area contributed by atoms with Crippen molar-refractivity contribution in [1.82, 2.24) is 24.3 Å². The quantitative estimate of drug-likeness (QED) is 0.531. The number of nitrogens with one attached hydrogen (secondary N) is 1. The SMILES string of the molecule is Cc1c(C(=O)Nc2ccccc2Cn2cncn2)sc2nc3n(c(=O)c12)CCCCC3. The van der Waals surface area contributed by atoms with Crippen LogP contribution in [0, 0.1) is 6.92 Å². The zero-order valence-electron chi connectivity index (χ0n) is 17.2. The maximum atomic E-state index is 13.2. The fourth-order valence-electron chi connectivity index (χ4n) is 4.07. The van der Waals surface area contributed by atoms with Gasteiger partial charge in [0.2, 0.25) is 0 Å². The molecule has 158 valence electrons. The van der Waals surface area contributed by atoms with Crippen LogP contribution in [0.4, 0.5) is 5.69 Å². The first kappa shape index (κ1) is 19.6. The number of aryl methyl sites for hydroxylation is 2. The average Bonchev–Trinajstić information content (AvgIpc) is 3.31. The number of thiophene rings is 1. The molecule has 0 saturated heterocycles. The maximum Gasteiger partial charge on any atom is 0.266 e. The molecule has 8 nitrogen and oxygen atoms in total. The molecule has 0 unspecified atom stereocenters. The molecule has 31 heavy (non-hydrogen) atoms. The standard InChI is InChI=1S/C22H22N6O2S/c1-14-18-21(26-17-9-3-2-6-10-28(17)22(18)30)31-19(14)20(29)25-16-8-5-4-7-15(16)11-27-13-23-12-24-27/h4-5,7-8,12-13H,2-3,6,9-11H2,1H3,(H,25,29). The van der Waals surface area contributed by atoms with Crippen molar-refractivity contribution in [1.29, 1.82) is 0 Å². The monoisotopic (exact) mass is 434 g/mol. The minimum atomic E-state index is -0.230. The normalized spacial score (nSPS) is 13.7. The first-order chi connectivity index (χ1) is 15.1. The molecule has 1 aliphatic rings. The fraction of sp³-hybridized carbons (Fsp3) is 0.318. The highest BCUT2D eigenvalue weighted by atomic mass is 32.1. The summed E-state index contributed by atoms with van der Waals surface area (Å²) in [6.45, 7) is 3.03. The lowest BCUT2D eigenvalue weighted by Crippen LogP contribution is -2.24. The maximum absolute atomic E-state index is 13.2. The van der Waals surface area contributed by atoms with Crippen LogP contribution in [0.3, 0.4) is 0 Å². The second kappa shape index (κ2) is 8.07. The van der Waals surface area contributed by atoms with E-state index < -0.39 is 0 Å². The van der Waals surface area contributed by atoms with Gasteiger partial charge in [0.1, 0.15) is 23.3 Å². The summed E-state index contributed by atoms with van der Waals surface area (Å²) < 4.78 is 3.50. The van der Waals surface area contributed by atoms with E-state index in [1.165, 1.54) is 17.7 Å². The molecule has 0 radical (unpaired) electrons. The molecule has 4 aromatic rings. The van der Waals surface area contributed by atoms with Crippen LogP contribution < -0.4 is 10.9 Å². The van der Waals surface area contributed by atoms with E-state index in [0.717, 1.165) is 37.1 Å². The largest absolute Gasteiger partial charge is 0.321 e. The zero-order chi connectivity index (χ0) is 21.4. The summed E-state index contributed by atoms with van der Waals surface area (Å²) in [5.74, 6) is 0.604.